The maximum absolute atomic E-state index is 12.0. The van der Waals surface area contributed by atoms with Crippen molar-refractivity contribution in [1.29, 1.82) is 0 Å². The summed E-state index contributed by atoms with van der Waals surface area (Å²) in [4.78, 5) is 24.3. The fourth-order valence-electron chi connectivity index (χ4n) is 1.62. The first-order chi connectivity index (χ1) is 8.19. The van der Waals surface area contributed by atoms with Crippen LogP contribution < -0.4 is 5.32 Å². The number of carboxylic acid groups (broad SMARTS) is 1. The largest absolute Gasteiger partial charge is 0.481 e. The Hall–Kier alpha value is -1.30. The number of carbonyl (C=O) groups excluding carboxylic acids is 1. The summed E-state index contributed by atoms with van der Waals surface area (Å²) in [6.07, 6.45) is 0.371. The number of carbonyl (C=O) groups is 2. The number of aliphatic hydroxyl groups excluding tert-OH is 1. The van der Waals surface area contributed by atoms with Gasteiger partial charge in [0.05, 0.1) is 6.42 Å². The van der Waals surface area contributed by atoms with E-state index >= 15 is 0 Å². The Balaban J connectivity index is 4.54. The van der Waals surface area contributed by atoms with Crippen LogP contribution >= 0.6 is 0 Å². The molecule has 0 atom stereocenters. The lowest BCUT2D eigenvalue weighted by Gasteiger charge is -2.32. The first-order valence-electron chi connectivity index (χ1n) is 6.11. The molecule has 106 valence electrons. The fraction of sp³-hybridized carbons (Fsp3) is 0.833. The minimum Gasteiger partial charge on any atom is -0.481 e. The van der Waals surface area contributed by atoms with Gasteiger partial charge in [-0.15, -0.1) is 0 Å². The van der Waals surface area contributed by atoms with E-state index < -0.39 is 11.5 Å². The van der Waals surface area contributed by atoms with E-state index in [1.165, 1.54) is 0 Å². The van der Waals surface area contributed by atoms with Crippen molar-refractivity contribution >= 4 is 12.0 Å². The molecule has 2 amide bonds. The van der Waals surface area contributed by atoms with E-state index in [4.69, 9.17) is 10.2 Å². The first-order valence-corrected chi connectivity index (χ1v) is 6.11. The second kappa shape index (κ2) is 7.20. The fourth-order valence-corrected chi connectivity index (χ4v) is 1.62. The third-order valence-electron chi connectivity index (χ3n) is 2.48. The average Bonchev–Trinajstić information content (AvgIpc) is 2.14. The van der Waals surface area contributed by atoms with Crippen LogP contribution in [0.2, 0.25) is 0 Å². The zero-order chi connectivity index (χ0) is 14.3. The van der Waals surface area contributed by atoms with Gasteiger partial charge in [-0.2, -0.15) is 0 Å². The lowest BCUT2D eigenvalue weighted by atomic mass is 10.0. The molecule has 0 fully saturated rings. The average molecular weight is 260 g/mol. The summed E-state index contributed by atoms with van der Waals surface area (Å²) < 4.78 is 0. The molecule has 0 saturated heterocycles. The van der Waals surface area contributed by atoms with E-state index in [-0.39, 0.29) is 25.1 Å². The van der Waals surface area contributed by atoms with Gasteiger partial charge in [0, 0.05) is 24.7 Å². The van der Waals surface area contributed by atoms with E-state index in [0.29, 0.717) is 13.0 Å². The summed E-state index contributed by atoms with van der Waals surface area (Å²) in [6.45, 7) is 7.56. The van der Waals surface area contributed by atoms with Gasteiger partial charge >= 0.3 is 12.0 Å². The molecule has 0 heterocycles. The van der Waals surface area contributed by atoms with Crippen molar-refractivity contribution in [3.8, 4) is 0 Å². The molecule has 0 bridgehead atoms. The third kappa shape index (κ3) is 6.44. The number of hydrogen-bond donors (Lipinski definition) is 3. The minimum absolute atomic E-state index is 0.00261. The lowest BCUT2D eigenvalue weighted by molar-refractivity contribution is -0.138. The maximum atomic E-state index is 12.0. The molecular weight excluding hydrogens is 236 g/mol. The molecule has 0 radical (unpaired) electrons. The van der Waals surface area contributed by atoms with E-state index in [0.717, 1.165) is 0 Å². The molecule has 0 spiro atoms. The Morgan fingerprint density at radius 1 is 1.33 bits per heavy atom. The molecule has 0 unspecified atom stereocenters. The number of carboxylic acids is 1. The Labute approximate surface area is 108 Å². The highest BCUT2D eigenvalue weighted by Gasteiger charge is 2.27. The highest BCUT2D eigenvalue weighted by Crippen LogP contribution is 2.10. The lowest BCUT2D eigenvalue weighted by Crippen LogP contribution is -2.53. The van der Waals surface area contributed by atoms with E-state index in [2.05, 4.69) is 5.32 Å². The summed E-state index contributed by atoms with van der Waals surface area (Å²) >= 11 is 0. The predicted molar refractivity (Wildman–Crippen MR) is 68.4 cm³/mol. The van der Waals surface area contributed by atoms with Crippen LogP contribution in [0.4, 0.5) is 4.79 Å². The normalized spacial score (nSPS) is 11.4. The molecule has 6 nitrogen and oxygen atoms in total. The van der Waals surface area contributed by atoms with Gasteiger partial charge in [0.2, 0.25) is 0 Å². The Morgan fingerprint density at radius 2 is 1.89 bits per heavy atom. The van der Waals surface area contributed by atoms with Crippen LogP contribution in [0.5, 0.6) is 0 Å². The summed E-state index contributed by atoms with van der Waals surface area (Å²) in [7, 11) is 0. The number of hydrogen-bond acceptors (Lipinski definition) is 3. The summed E-state index contributed by atoms with van der Waals surface area (Å²) in [6, 6.07) is -0.304. The zero-order valence-electron chi connectivity index (χ0n) is 11.6. The molecule has 0 rings (SSSR count). The number of nitrogens with one attached hydrogen (secondary N) is 1. The van der Waals surface area contributed by atoms with Crippen LogP contribution in [-0.4, -0.2) is 51.8 Å². The third-order valence-corrected chi connectivity index (χ3v) is 2.48. The van der Waals surface area contributed by atoms with Crippen molar-refractivity contribution in [1.82, 2.24) is 10.2 Å². The first kappa shape index (κ1) is 16.7. The zero-order valence-corrected chi connectivity index (χ0v) is 11.6. The van der Waals surface area contributed by atoms with Crippen LogP contribution in [0.3, 0.4) is 0 Å². The summed E-state index contributed by atoms with van der Waals surface area (Å²) in [5.74, 6) is -0.952. The van der Waals surface area contributed by atoms with Crippen molar-refractivity contribution in [3.63, 3.8) is 0 Å². The summed E-state index contributed by atoms with van der Waals surface area (Å²) in [5.41, 5.74) is -0.796. The molecule has 0 aromatic carbocycles. The van der Waals surface area contributed by atoms with E-state index in [9.17, 15) is 9.59 Å². The van der Waals surface area contributed by atoms with E-state index in [1.807, 2.05) is 13.8 Å². The Morgan fingerprint density at radius 3 is 2.28 bits per heavy atom. The number of nitrogens with zero attached hydrogens (tertiary/aromatic N) is 1. The monoisotopic (exact) mass is 260 g/mol. The maximum Gasteiger partial charge on any atom is 0.318 e. The van der Waals surface area contributed by atoms with Crippen molar-refractivity contribution in [2.75, 3.05) is 13.2 Å². The van der Waals surface area contributed by atoms with Crippen molar-refractivity contribution in [3.05, 3.63) is 0 Å². The number of amides is 2. The van der Waals surface area contributed by atoms with Gasteiger partial charge in [-0.25, -0.2) is 4.79 Å². The van der Waals surface area contributed by atoms with E-state index in [1.54, 1.807) is 18.7 Å². The van der Waals surface area contributed by atoms with Gasteiger partial charge < -0.3 is 20.4 Å². The van der Waals surface area contributed by atoms with Gasteiger partial charge in [-0.3, -0.25) is 4.79 Å². The van der Waals surface area contributed by atoms with Crippen LogP contribution in [0, 0.1) is 0 Å². The topological polar surface area (TPSA) is 89.9 Å². The molecule has 6 heteroatoms. The number of rotatable bonds is 7. The highest BCUT2D eigenvalue weighted by molar-refractivity contribution is 5.77. The van der Waals surface area contributed by atoms with Gasteiger partial charge in [0.15, 0.2) is 0 Å². The van der Waals surface area contributed by atoms with Crippen molar-refractivity contribution in [2.45, 2.75) is 52.1 Å². The number of aliphatic carboxylic acids is 1. The number of urea groups is 1. The van der Waals surface area contributed by atoms with Gasteiger partial charge in [0.1, 0.15) is 0 Å². The quantitative estimate of drug-likeness (QED) is 0.638. The summed E-state index contributed by atoms with van der Waals surface area (Å²) in [5, 5.41) is 20.2. The molecule has 0 aliphatic carbocycles. The molecule has 3 N–H and O–H groups in total. The van der Waals surface area contributed by atoms with Crippen LogP contribution in [0.1, 0.15) is 40.5 Å². The van der Waals surface area contributed by atoms with Crippen LogP contribution in [0.15, 0.2) is 0 Å². The molecule has 0 saturated carbocycles. The SMILES string of the molecule is CC(C)N(CCCO)C(=O)NC(C)(C)CC(=O)O. The molecular formula is C12H24N2O4. The van der Waals surface area contributed by atoms with Crippen LogP contribution in [0.25, 0.3) is 0 Å². The second-order valence-electron chi connectivity index (χ2n) is 5.25. The van der Waals surface area contributed by atoms with Crippen molar-refractivity contribution < 1.29 is 19.8 Å². The highest BCUT2D eigenvalue weighted by atomic mass is 16.4. The molecule has 18 heavy (non-hydrogen) atoms. The van der Waals surface area contributed by atoms with Crippen LogP contribution in [-0.2, 0) is 4.79 Å². The minimum atomic E-state index is -0.952. The van der Waals surface area contributed by atoms with Crippen molar-refractivity contribution in [2.24, 2.45) is 0 Å². The number of aliphatic hydroxyl groups is 1. The molecule has 0 aliphatic heterocycles. The Bertz CT molecular complexity index is 290. The smallest absolute Gasteiger partial charge is 0.318 e. The Kier molecular flexibility index (Phi) is 6.68. The molecule has 0 aromatic heterocycles. The standard InChI is InChI=1S/C12H24N2O4/c1-9(2)14(6-5-7-15)11(18)13-12(3,4)8-10(16)17/h9,15H,5-8H2,1-4H3,(H,13,18)(H,16,17). The van der Waals surface area contributed by atoms with Gasteiger partial charge in [0.25, 0.3) is 0 Å². The van der Waals surface area contributed by atoms with Gasteiger partial charge in [-0.1, -0.05) is 0 Å². The molecule has 0 aliphatic rings. The molecule has 0 aromatic rings. The predicted octanol–water partition coefficient (Wildman–Crippen LogP) is 1.04. The van der Waals surface area contributed by atoms with Gasteiger partial charge in [-0.05, 0) is 34.1 Å². The second-order valence-corrected chi connectivity index (χ2v) is 5.25.